The highest BCUT2D eigenvalue weighted by Gasteiger charge is 2.10. The molecule has 0 amide bonds. The third kappa shape index (κ3) is 3.63. The van der Waals surface area contributed by atoms with Gasteiger partial charge in [-0.15, -0.1) is 0 Å². The second-order valence-electron chi connectivity index (χ2n) is 4.64. The fourth-order valence-electron chi connectivity index (χ4n) is 2.11. The predicted molar refractivity (Wildman–Crippen MR) is 76.0 cm³/mol. The third-order valence-corrected chi connectivity index (χ3v) is 3.34. The molecule has 2 aromatic rings. The van der Waals surface area contributed by atoms with Crippen molar-refractivity contribution >= 4 is 0 Å². The Hall–Kier alpha value is -1.71. The van der Waals surface area contributed by atoms with Crippen molar-refractivity contribution < 1.29 is 4.39 Å². The van der Waals surface area contributed by atoms with Crippen molar-refractivity contribution in [2.45, 2.75) is 25.8 Å². The van der Waals surface area contributed by atoms with Crippen LogP contribution in [0.25, 0.3) is 0 Å². The van der Waals surface area contributed by atoms with Gasteiger partial charge in [-0.05, 0) is 41.7 Å². The van der Waals surface area contributed by atoms with Crippen molar-refractivity contribution in [2.75, 3.05) is 0 Å². The van der Waals surface area contributed by atoms with Crippen LogP contribution in [0.2, 0.25) is 0 Å². The molecule has 0 aromatic heterocycles. The lowest BCUT2D eigenvalue weighted by Crippen LogP contribution is -2.29. The van der Waals surface area contributed by atoms with E-state index in [4.69, 9.17) is 5.84 Å². The number of benzene rings is 2. The first-order valence-corrected chi connectivity index (χ1v) is 6.52. The molecule has 3 N–H and O–H groups in total. The normalized spacial score (nSPS) is 12.4. The SMILES string of the molecule is CCc1ccc(C(Cc2ccc(F)cc2)NN)cc1. The quantitative estimate of drug-likeness (QED) is 0.638. The highest BCUT2D eigenvalue weighted by molar-refractivity contribution is 5.27. The van der Waals surface area contributed by atoms with Crippen LogP contribution in [0.1, 0.15) is 29.7 Å². The number of nitrogens with two attached hydrogens (primary N) is 1. The number of nitrogens with one attached hydrogen (secondary N) is 1. The zero-order valence-electron chi connectivity index (χ0n) is 11.1. The van der Waals surface area contributed by atoms with E-state index in [0.29, 0.717) is 0 Å². The molecule has 19 heavy (non-hydrogen) atoms. The van der Waals surface area contributed by atoms with E-state index >= 15 is 0 Å². The zero-order chi connectivity index (χ0) is 13.7. The van der Waals surface area contributed by atoms with Crippen molar-refractivity contribution in [1.29, 1.82) is 0 Å². The summed E-state index contributed by atoms with van der Waals surface area (Å²) in [4.78, 5) is 0. The highest BCUT2D eigenvalue weighted by atomic mass is 19.1. The topological polar surface area (TPSA) is 38.0 Å². The van der Waals surface area contributed by atoms with Gasteiger partial charge in [0.05, 0.1) is 0 Å². The number of halogens is 1. The maximum atomic E-state index is 12.9. The van der Waals surface area contributed by atoms with E-state index in [9.17, 15) is 4.39 Å². The molecule has 2 aromatic carbocycles. The Morgan fingerprint density at radius 3 is 2.11 bits per heavy atom. The van der Waals surface area contributed by atoms with Gasteiger partial charge in [-0.3, -0.25) is 11.3 Å². The van der Waals surface area contributed by atoms with Gasteiger partial charge in [-0.1, -0.05) is 43.3 Å². The van der Waals surface area contributed by atoms with Crippen LogP contribution < -0.4 is 11.3 Å². The molecule has 0 saturated carbocycles. The average molecular weight is 258 g/mol. The molecule has 100 valence electrons. The number of hydrogen-bond donors (Lipinski definition) is 2. The maximum absolute atomic E-state index is 12.9. The van der Waals surface area contributed by atoms with Gasteiger partial charge < -0.3 is 0 Å². The first-order valence-electron chi connectivity index (χ1n) is 6.52. The van der Waals surface area contributed by atoms with E-state index in [-0.39, 0.29) is 11.9 Å². The standard InChI is InChI=1S/C16H19FN2/c1-2-12-3-7-14(8-4-12)16(19-18)11-13-5-9-15(17)10-6-13/h3-10,16,19H,2,11,18H2,1H3. The molecule has 0 fully saturated rings. The number of rotatable bonds is 5. The highest BCUT2D eigenvalue weighted by Crippen LogP contribution is 2.18. The van der Waals surface area contributed by atoms with Gasteiger partial charge in [0.15, 0.2) is 0 Å². The molecular weight excluding hydrogens is 239 g/mol. The van der Waals surface area contributed by atoms with Crippen LogP contribution in [0.4, 0.5) is 4.39 Å². The van der Waals surface area contributed by atoms with E-state index in [1.165, 1.54) is 17.7 Å². The van der Waals surface area contributed by atoms with Crippen LogP contribution in [0.5, 0.6) is 0 Å². The minimum Gasteiger partial charge on any atom is -0.271 e. The van der Waals surface area contributed by atoms with E-state index in [1.807, 2.05) is 0 Å². The summed E-state index contributed by atoms with van der Waals surface area (Å²) in [5.41, 5.74) is 6.33. The Morgan fingerprint density at radius 2 is 1.58 bits per heavy atom. The summed E-state index contributed by atoms with van der Waals surface area (Å²) in [6.07, 6.45) is 1.77. The van der Waals surface area contributed by atoms with Gasteiger partial charge >= 0.3 is 0 Å². The lowest BCUT2D eigenvalue weighted by atomic mass is 9.98. The predicted octanol–water partition coefficient (Wildman–Crippen LogP) is 3.14. The van der Waals surface area contributed by atoms with E-state index in [0.717, 1.165) is 24.0 Å². The van der Waals surface area contributed by atoms with E-state index in [2.05, 4.69) is 36.6 Å². The molecule has 1 unspecified atom stereocenters. The Balaban J connectivity index is 2.12. The van der Waals surface area contributed by atoms with Crippen LogP contribution in [0.15, 0.2) is 48.5 Å². The van der Waals surface area contributed by atoms with Gasteiger partial charge in [-0.25, -0.2) is 4.39 Å². The molecule has 3 heteroatoms. The van der Waals surface area contributed by atoms with Gasteiger partial charge in [0.25, 0.3) is 0 Å². The van der Waals surface area contributed by atoms with Gasteiger partial charge in [-0.2, -0.15) is 0 Å². The largest absolute Gasteiger partial charge is 0.271 e. The molecule has 0 aliphatic heterocycles. The van der Waals surface area contributed by atoms with Crippen LogP contribution in [-0.2, 0) is 12.8 Å². The summed E-state index contributed by atoms with van der Waals surface area (Å²) >= 11 is 0. The molecule has 0 saturated heterocycles. The van der Waals surface area contributed by atoms with E-state index in [1.54, 1.807) is 12.1 Å². The van der Waals surface area contributed by atoms with Gasteiger partial charge in [0.1, 0.15) is 5.82 Å². The second-order valence-corrected chi connectivity index (χ2v) is 4.64. The molecule has 0 heterocycles. The summed E-state index contributed by atoms with van der Waals surface area (Å²) in [6.45, 7) is 2.13. The van der Waals surface area contributed by atoms with Crippen LogP contribution in [-0.4, -0.2) is 0 Å². The minimum absolute atomic E-state index is 0.0383. The fourth-order valence-corrected chi connectivity index (χ4v) is 2.11. The Kier molecular flexibility index (Phi) is 4.66. The molecule has 0 spiro atoms. The molecule has 1 atom stereocenters. The zero-order valence-corrected chi connectivity index (χ0v) is 11.1. The number of hydrazine groups is 1. The van der Waals surface area contributed by atoms with E-state index < -0.39 is 0 Å². The van der Waals surface area contributed by atoms with Crippen molar-refractivity contribution in [3.8, 4) is 0 Å². The second kappa shape index (κ2) is 6.45. The van der Waals surface area contributed by atoms with Crippen molar-refractivity contribution in [3.05, 3.63) is 71.0 Å². The lowest BCUT2D eigenvalue weighted by Gasteiger charge is -2.17. The molecule has 2 rings (SSSR count). The molecule has 2 nitrogen and oxygen atoms in total. The summed E-state index contributed by atoms with van der Waals surface area (Å²) in [5, 5.41) is 0. The summed E-state index contributed by atoms with van der Waals surface area (Å²) in [5.74, 6) is 5.41. The molecule has 0 aliphatic rings. The number of aryl methyl sites for hydroxylation is 1. The van der Waals surface area contributed by atoms with Crippen LogP contribution in [0.3, 0.4) is 0 Å². The van der Waals surface area contributed by atoms with Crippen molar-refractivity contribution in [2.24, 2.45) is 5.84 Å². The summed E-state index contributed by atoms with van der Waals surface area (Å²) in [7, 11) is 0. The minimum atomic E-state index is -0.215. The molecule has 0 radical (unpaired) electrons. The third-order valence-electron chi connectivity index (χ3n) is 3.34. The van der Waals surface area contributed by atoms with Crippen LogP contribution in [0, 0.1) is 5.82 Å². The molecule has 0 aliphatic carbocycles. The molecular formula is C16H19FN2. The molecule has 0 bridgehead atoms. The number of hydrogen-bond acceptors (Lipinski definition) is 2. The van der Waals surface area contributed by atoms with Gasteiger partial charge in [0.2, 0.25) is 0 Å². The summed E-state index contributed by atoms with van der Waals surface area (Å²) < 4.78 is 12.9. The Bertz CT molecular complexity index is 505. The smallest absolute Gasteiger partial charge is 0.123 e. The average Bonchev–Trinajstić information content (AvgIpc) is 2.47. The first-order chi connectivity index (χ1) is 9.22. The first kappa shape index (κ1) is 13.7. The van der Waals surface area contributed by atoms with Crippen molar-refractivity contribution in [3.63, 3.8) is 0 Å². The Labute approximate surface area is 113 Å². The lowest BCUT2D eigenvalue weighted by molar-refractivity contribution is 0.550. The van der Waals surface area contributed by atoms with Gasteiger partial charge in [0, 0.05) is 6.04 Å². The maximum Gasteiger partial charge on any atom is 0.123 e. The Morgan fingerprint density at radius 1 is 1.00 bits per heavy atom. The fraction of sp³-hybridized carbons (Fsp3) is 0.250. The van der Waals surface area contributed by atoms with Crippen LogP contribution >= 0.6 is 0 Å². The monoisotopic (exact) mass is 258 g/mol. The van der Waals surface area contributed by atoms with Crippen molar-refractivity contribution in [1.82, 2.24) is 5.43 Å². The summed E-state index contributed by atoms with van der Waals surface area (Å²) in [6, 6.07) is 15.0.